The van der Waals surface area contributed by atoms with Crippen LogP contribution < -0.4 is 15.5 Å². The van der Waals surface area contributed by atoms with Crippen molar-refractivity contribution < 1.29 is 23.9 Å². The Balaban J connectivity index is 1.38. The Morgan fingerprint density at radius 1 is 1.10 bits per heavy atom. The van der Waals surface area contributed by atoms with Gasteiger partial charge in [-0.05, 0) is 73.6 Å². The number of amides is 3. The molecule has 0 saturated carbocycles. The molecule has 1 aromatic heterocycles. The lowest BCUT2D eigenvalue weighted by atomic mass is 9.76. The lowest BCUT2D eigenvalue weighted by Crippen LogP contribution is -2.53. The number of phenolic OH excluding ortho intramolecular Hbond substituents is 1. The minimum Gasteiger partial charge on any atom is -0.508 e. The number of nitriles is 1. The number of benzene rings is 2. The van der Waals surface area contributed by atoms with Crippen molar-refractivity contribution >= 4 is 39.7 Å². The van der Waals surface area contributed by atoms with Crippen molar-refractivity contribution in [1.29, 1.82) is 5.26 Å². The largest absolute Gasteiger partial charge is 0.508 e. The molecule has 1 spiro atoms. The van der Waals surface area contributed by atoms with Gasteiger partial charge in [-0.15, -0.1) is 11.3 Å². The van der Waals surface area contributed by atoms with Gasteiger partial charge in [0.2, 0.25) is 17.7 Å². The minimum atomic E-state index is -1.64. The van der Waals surface area contributed by atoms with E-state index in [-0.39, 0.29) is 5.75 Å². The summed E-state index contributed by atoms with van der Waals surface area (Å²) in [6.07, 6.45) is 3.73. The van der Waals surface area contributed by atoms with Crippen LogP contribution in [0.15, 0.2) is 42.5 Å². The molecule has 3 amide bonds. The summed E-state index contributed by atoms with van der Waals surface area (Å²) >= 11 is 1.31. The Morgan fingerprint density at radius 2 is 1.87 bits per heavy atom. The first-order valence-corrected chi connectivity index (χ1v) is 13.7. The Kier molecular flexibility index (Phi) is 5.21. The second-order valence-electron chi connectivity index (χ2n) is 10.6. The Bertz CT molecular complexity index is 1630. The lowest BCUT2D eigenvalue weighted by molar-refractivity contribution is -0.130. The van der Waals surface area contributed by atoms with Crippen LogP contribution in [0, 0.1) is 29.0 Å². The molecule has 4 aliphatic rings. The number of nitrogens with one attached hydrogen (secondary N) is 2. The van der Waals surface area contributed by atoms with Crippen molar-refractivity contribution in [2.75, 3.05) is 10.2 Å². The maximum absolute atomic E-state index is 14.5. The first-order chi connectivity index (χ1) is 18.8. The van der Waals surface area contributed by atoms with E-state index in [1.165, 1.54) is 41.7 Å². The first-order valence-electron chi connectivity index (χ1n) is 12.9. The highest BCUT2D eigenvalue weighted by atomic mass is 32.1. The predicted octanol–water partition coefficient (Wildman–Crippen LogP) is 3.51. The molecule has 8 nitrogen and oxygen atoms in total. The van der Waals surface area contributed by atoms with Gasteiger partial charge in [-0.25, -0.2) is 9.29 Å². The molecule has 7 rings (SSSR count). The molecule has 0 bridgehead atoms. The van der Waals surface area contributed by atoms with Crippen LogP contribution in [-0.4, -0.2) is 28.9 Å². The van der Waals surface area contributed by atoms with E-state index < -0.39 is 47.0 Å². The molecule has 4 heterocycles. The number of aryl methyl sites for hydroxylation is 1. The zero-order valence-corrected chi connectivity index (χ0v) is 21.5. The molecule has 3 N–H and O–H groups in total. The van der Waals surface area contributed by atoms with Crippen LogP contribution in [0.5, 0.6) is 5.75 Å². The minimum absolute atomic E-state index is 0.0936. The van der Waals surface area contributed by atoms with Crippen LogP contribution in [0.2, 0.25) is 0 Å². The Labute approximate surface area is 227 Å². The number of phenols is 1. The molecule has 10 heteroatoms. The van der Waals surface area contributed by atoms with Gasteiger partial charge in [0.05, 0.1) is 17.4 Å². The van der Waals surface area contributed by atoms with Crippen molar-refractivity contribution in [3.63, 3.8) is 0 Å². The van der Waals surface area contributed by atoms with E-state index in [4.69, 9.17) is 0 Å². The third-order valence-corrected chi connectivity index (χ3v) is 9.81. The average Bonchev–Trinajstić information content (AvgIpc) is 3.61. The molecule has 0 radical (unpaired) electrons. The highest BCUT2D eigenvalue weighted by Crippen LogP contribution is 2.55. The zero-order valence-electron chi connectivity index (χ0n) is 20.7. The third-order valence-electron chi connectivity index (χ3n) is 8.54. The highest BCUT2D eigenvalue weighted by Gasteiger charge is 2.71. The second-order valence-corrected chi connectivity index (χ2v) is 11.7. The van der Waals surface area contributed by atoms with Crippen molar-refractivity contribution in [3.8, 4) is 11.8 Å². The molecule has 1 aliphatic carbocycles. The number of halogens is 1. The Morgan fingerprint density at radius 3 is 2.64 bits per heavy atom. The molecule has 3 aliphatic heterocycles. The number of fused-ring (bicyclic) bond motifs is 5. The fourth-order valence-electron chi connectivity index (χ4n) is 6.86. The molecule has 2 aromatic carbocycles. The maximum atomic E-state index is 14.5. The Hall–Kier alpha value is -4.07. The van der Waals surface area contributed by atoms with Gasteiger partial charge in [0.15, 0.2) is 0 Å². The second kappa shape index (κ2) is 8.46. The van der Waals surface area contributed by atoms with Crippen molar-refractivity contribution in [2.24, 2.45) is 11.8 Å². The summed E-state index contributed by atoms with van der Waals surface area (Å²) in [7, 11) is 0. The van der Waals surface area contributed by atoms with E-state index in [1.54, 1.807) is 12.1 Å². The van der Waals surface area contributed by atoms with E-state index in [2.05, 4.69) is 16.7 Å². The van der Waals surface area contributed by atoms with Gasteiger partial charge >= 0.3 is 0 Å². The number of carbonyl (C=O) groups is 3. The number of rotatable bonds is 3. The lowest BCUT2D eigenvalue weighted by Gasteiger charge is -2.29. The molecule has 2 fully saturated rings. The molecule has 2 saturated heterocycles. The molecule has 39 heavy (non-hydrogen) atoms. The number of anilines is 2. The molecule has 196 valence electrons. The van der Waals surface area contributed by atoms with Gasteiger partial charge in [0.25, 0.3) is 0 Å². The normalized spacial score (nSPS) is 26.9. The van der Waals surface area contributed by atoms with Gasteiger partial charge in [-0.1, -0.05) is 12.1 Å². The molecule has 4 atom stereocenters. The van der Waals surface area contributed by atoms with Crippen molar-refractivity contribution in [1.82, 2.24) is 5.32 Å². The quantitative estimate of drug-likeness (QED) is 0.436. The van der Waals surface area contributed by atoms with E-state index in [0.29, 0.717) is 28.2 Å². The van der Waals surface area contributed by atoms with E-state index >= 15 is 0 Å². The van der Waals surface area contributed by atoms with E-state index in [9.17, 15) is 29.1 Å². The topological polar surface area (TPSA) is 123 Å². The molecule has 3 aromatic rings. The molecular formula is C29H23FN4O4S. The number of hydrogen-bond donors (Lipinski definition) is 3. The summed E-state index contributed by atoms with van der Waals surface area (Å²) in [6, 6.07) is 12.0. The summed E-state index contributed by atoms with van der Waals surface area (Å²) in [5.74, 6) is -4.05. The van der Waals surface area contributed by atoms with Gasteiger partial charge < -0.3 is 10.4 Å². The zero-order chi connectivity index (χ0) is 27.1. The van der Waals surface area contributed by atoms with Gasteiger partial charge in [0, 0.05) is 22.2 Å². The fourth-order valence-corrected chi connectivity index (χ4v) is 8.21. The van der Waals surface area contributed by atoms with Crippen LogP contribution >= 0.6 is 11.3 Å². The number of hydrogen-bond acceptors (Lipinski definition) is 7. The summed E-state index contributed by atoms with van der Waals surface area (Å²) < 4.78 is 14.5. The summed E-state index contributed by atoms with van der Waals surface area (Å²) in [6.45, 7) is 0. The van der Waals surface area contributed by atoms with E-state index in [0.717, 1.165) is 46.6 Å². The van der Waals surface area contributed by atoms with Gasteiger partial charge in [-0.2, -0.15) is 5.26 Å². The van der Waals surface area contributed by atoms with Crippen molar-refractivity contribution in [3.05, 3.63) is 75.4 Å². The number of imide groups is 1. The molecular weight excluding hydrogens is 519 g/mol. The van der Waals surface area contributed by atoms with Crippen LogP contribution in [-0.2, 0) is 39.2 Å². The van der Waals surface area contributed by atoms with Crippen LogP contribution in [0.1, 0.15) is 40.0 Å². The predicted molar refractivity (Wildman–Crippen MR) is 141 cm³/mol. The van der Waals surface area contributed by atoms with Gasteiger partial charge in [-0.3, -0.25) is 19.7 Å². The first kappa shape index (κ1) is 24.0. The number of thiophene rings is 1. The summed E-state index contributed by atoms with van der Waals surface area (Å²) in [4.78, 5) is 44.3. The number of aromatic hydroxyl groups is 1. The summed E-state index contributed by atoms with van der Waals surface area (Å²) in [5, 5.41) is 26.2. The monoisotopic (exact) mass is 542 g/mol. The van der Waals surface area contributed by atoms with Crippen LogP contribution in [0.4, 0.5) is 15.1 Å². The average molecular weight is 543 g/mol. The maximum Gasteiger partial charge on any atom is 0.250 e. The van der Waals surface area contributed by atoms with Crippen LogP contribution in [0.3, 0.4) is 0 Å². The van der Waals surface area contributed by atoms with E-state index in [1.807, 2.05) is 0 Å². The highest BCUT2D eigenvalue weighted by molar-refractivity contribution is 7.17. The number of carbonyl (C=O) groups excluding carboxylic acids is 3. The standard InChI is InChI=1S/C29H23FN4O4S/c30-15-7-10-20-19(12-15)29(28(38)32-20)24-23(21(33-29)11-14-5-8-16(35)9-6-14)25(36)34(26(24)37)27-18(13-31)17-3-1-2-4-22(17)39-27/h5-10,12,21,23-24,33,35H,1-4,11H2,(H,32,38)/t21?,23-,24+,29?/m1/s1. The summed E-state index contributed by atoms with van der Waals surface area (Å²) in [5.41, 5.74) is 1.10. The molecule has 2 unspecified atom stereocenters. The van der Waals surface area contributed by atoms with Crippen molar-refractivity contribution in [2.45, 2.75) is 43.7 Å². The third kappa shape index (κ3) is 3.27. The van der Waals surface area contributed by atoms with Crippen LogP contribution in [0.25, 0.3) is 0 Å². The smallest absolute Gasteiger partial charge is 0.250 e. The number of nitrogens with zero attached hydrogens (tertiary/aromatic N) is 2. The fraction of sp³-hybridized carbons (Fsp3) is 0.310. The SMILES string of the molecule is N#Cc1c(N2C(=O)[C@@H]3C(Cc4ccc(O)cc4)NC4(C(=O)Nc5ccc(F)cc54)[C@@H]3C2=O)sc2c1CCCC2. The van der Waals surface area contributed by atoms with Gasteiger partial charge in [0.1, 0.15) is 28.2 Å².